The van der Waals surface area contributed by atoms with E-state index in [9.17, 15) is 19.2 Å². The van der Waals surface area contributed by atoms with Crippen molar-refractivity contribution >= 4 is 34.4 Å². The fourth-order valence-corrected chi connectivity index (χ4v) is 3.99. The molecule has 9 nitrogen and oxygen atoms in total. The van der Waals surface area contributed by atoms with E-state index in [0.29, 0.717) is 28.8 Å². The molecule has 1 amide bonds. The molecule has 0 fully saturated rings. The lowest BCUT2D eigenvalue weighted by molar-refractivity contribution is 0.0574. The Labute approximate surface area is 216 Å². The first kappa shape index (κ1) is 25.7. The van der Waals surface area contributed by atoms with Gasteiger partial charge in [-0.3, -0.25) is 18.7 Å². The van der Waals surface area contributed by atoms with Crippen LogP contribution in [0.1, 0.15) is 31.8 Å². The summed E-state index contributed by atoms with van der Waals surface area (Å²) in [5.41, 5.74) is 1.51. The molecular weight excluding hydrogens is 498 g/mol. The average Bonchev–Trinajstić information content (AvgIpc) is 2.93. The number of benzene rings is 3. The van der Waals surface area contributed by atoms with Crippen molar-refractivity contribution in [1.29, 1.82) is 0 Å². The van der Waals surface area contributed by atoms with E-state index in [2.05, 4.69) is 5.32 Å². The van der Waals surface area contributed by atoms with Crippen LogP contribution in [-0.2, 0) is 24.9 Å². The van der Waals surface area contributed by atoms with E-state index < -0.39 is 17.2 Å². The first-order valence-corrected chi connectivity index (χ1v) is 11.8. The van der Waals surface area contributed by atoms with Gasteiger partial charge in [-0.25, -0.2) is 9.59 Å². The lowest BCUT2D eigenvalue weighted by Gasteiger charge is -2.12. The minimum atomic E-state index is -0.571. The number of halogens is 1. The molecule has 0 radical (unpaired) electrons. The van der Waals surface area contributed by atoms with Crippen molar-refractivity contribution < 1.29 is 19.1 Å². The third kappa shape index (κ3) is 5.57. The molecule has 0 bridgehead atoms. The number of hydrogen-bond acceptors (Lipinski definition) is 6. The van der Waals surface area contributed by atoms with Gasteiger partial charge in [-0.1, -0.05) is 35.9 Å². The first-order chi connectivity index (χ1) is 17.8. The molecule has 4 aromatic rings. The van der Waals surface area contributed by atoms with Gasteiger partial charge in [0, 0.05) is 19.2 Å². The third-order valence-corrected chi connectivity index (χ3v) is 6.05. The van der Waals surface area contributed by atoms with Crippen molar-refractivity contribution in [3.8, 4) is 5.75 Å². The first-order valence-electron chi connectivity index (χ1n) is 11.3. The Morgan fingerprint density at radius 1 is 0.919 bits per heavy atom. The SMILES string of the molecule is COc1ccc(CNC(=O)c2ccc3c(c2)c(=O)n(Cc2ccc(C(=O)OCCl)cc2)c(=O)n3C)cc1. The number of nitrogens with zero attached hydrogens (tertiary/aromatic N) is 2. The largest absolute Gasteiger partial charge is 0.497 e. The molecule has 0 atom stereocenters. The lowest BCUT2D eigenvalue weighted by Crippen LogP contribution is -2.39. The number of amides is 1. The molecule has 4 rings (SSSR count). The fourth-order valence-electron chi connectivity index (χ4n) is 3.89. The second-order valence-corrected chi connectivity index (χ2v) is 8.45. The summed E-state index contributed by atoms with van der Waals surface area (Å²) >= 11 is 5.42. The molecule has 0 unspecified atom stereocenters. The van der Waals surface area contributed by atoms with E-state index in [1.807, 2.05) is 12.1 Å². The van der Waals surface area contributed by atoms with Gasteiger partial charge < -0.3 is 14.8 Å². The zero-order chi connectivity index (χ0) is 26.5. The Morgan fingerprint density at radius 2 is 1.57 bits per heavy atom. The van der Waals surface area contributed by atoms with Crippen LogP contribution in [0.15, 0.2) is 76.3 Å². The van der Waals surface area contributed by atoms with Crippen molar-refractivity contribution in [3.63, 3.8) is 0 Å². The number of hydrogen-bond donors (Lipinski definition) is 1. The molecule has 3 aromatic carbocycles. The number of alkyl halides is 1. The molecule has 10 heteroatoms. The van der Waals surface area contributed by atoms with Crippen LogP contribution >= 0.6 is 11.6 Å². The van der Waals surface area contributed by atoms with E-state index in [1.165, 1.54) is 22.8 Å². The number of aryl methyl sites for hydroxylation is 1. The van der Waals surface area contributed by atoms with Gasteiger partial charge >= 0.3 is 11.7 Å². The number of carbonyl (C=O) groups is 2. The molecule has 37 heavy (non-hydrogen) atoms. The fraction of sp³-hybridized carbons (Fsp3) is 0.185. The van der Waals surface area contributed by atoms with E-state index in [1.54, 1.807) is 50.6 Å². The summed E-state index contributed by atoms with van der Waals surface area (Å²) in [7, 11) is 3.15. The van der Waals surface area contributed by atoms with E-state index in [0.717, 1.165) is 15.9 Å². The number of aromatic nitrogens is 2. The van der Waals surface area contributed by atoms with Crippen molar-refractivity contribution in [2.24, 2.45) is 7.05 Å². The summed E-state index contributed by atoms with van der Waals surface area (Å²) < 4.78 is 12.3. The van der Waals surface area contributed by atoms with Gasteiger partial charge in [0.15, 0.2) is 6.07 Å². The van der Waals surface area contributed by atoms with Gasteiger partial charge in [0.1, 0.15) is 5.75 Å². The normalized spacial score (nSPS) is 10.8. The molecule has 0 saturated carbocycles. The Bertz CT molecular complexity index is 1570. The van der Waals surface area contributed by atoms with Crippen LogP contribution in [-0.4, -0.2) is 34.2 Å². The number of rotatable bonds is 8. The summed E-state index contributed by atoms with van der Waals surface area (Å²) in [5, 5.41) is 3.08. The second-order valence-electron chi connectivity index (χ2n) is 8.23. The highest BCUT2D eigenvalue weighted by Crippen LogP contribution is 2.14. The maximum absolute atomic E-state index is 13.3. The highest BCUT2D eigenvalue weighted by molar-refractivity contribution is 6.17. The van der Waals surface area contributed by atoms with Crippen LogP contribution in [0.4, 0.5) is 0 Å². The Kier molecular flexibility index (Phi) is 7.74. The molecule has 0 aliphatic rings. The maximum atomic E-state index is 13.3. The standard InChI is InChI=1S/C27H24ClN3O6/c1-30-23-12-9-20(24(32)29-14-17-5-10-21(36-2)11-6-17)13-22(23)25(33)31(27(30)35)15-18-3-7-19(8-4-18)26(34)37-16-28/h3-13H,14-16H2,1-2H3,(H,29,32). The summed E-state index contributed by atoms with van der Waals surface area (Å²) in [6.45, 7) is 0.285. The predicted molar refractivity (Wildman–Crippen MR) is 139 cm³/mol. The third-order valence-electron chi connectivity index (χ3n) is 5.94. The molecule has 0 aliphatic carbocycles. The van der Waals surface area contributed by atoms with E-state index in [4.69, 9.17) is 21.1 Å². The summed E-state index contributed by atoms with van der Waals surface area (Å²) in [6, 6.07) is 18.0. The van der Waals surface area contributed by atoms with Gasteiger partial charge in [0.05, 0.1) is 30.1 Å². The molecule has 1 aromatic heterocycles. The predicted octanol–water partition coefficient (Wildman–Crippen LogP) is 3.04. The number of esters is 1. The zero-order valence-corrected chi connectivity index (χ0v) is 20.9. The summed E-state index contributed by atoms with van der Waals surface area (Å²) in [4.78, 5) is 50.8. The van der Waals surface area contributed by atoms with E-state index in [-0.39, 0.29) is 23.9 Å². The van der Waals surface area contributed by atoms with Gasteiger partial charge in [-0.15, -0.1) is 0 Å². The van der Waals surface area contributed by atoms with Crippen LogP contribution < -0.4 is 21.3 Å². The Morgan fingerprint density at radius 3 is 2.22 bits per heavy atom. The van der Waals surface area contributed by atoms with E-state index >= 15 is 0 Å². The van der Waals surface area contributed by atoms with Crippen LogP contribution in [0, 0.1) is 0 Å². The minimum absolute atomic E-state index is 0.0137. The Hall–Kier alpha value is -4.37. The van der Waals surface area contributed by atoms with Crippen LogP contribution in [0.5, 0.6) is 5.75 Å². The minimum Gasteiger partial charge on any atom is -0.497 e. The number of ether oxygens (including phenoxy) is 2. The van der Waals surface area contributed by atoms with Crippen molar-refractivity contribution in [1.82, 2.24) is 14.5 Å². The topological polar surface area (TPSA) is 109 Å². The molecular formula is C27H24ClN3O6. The smallest absolute Gasteiger partial charge is 0.339 e. The van der Waals surface area contributed by atoms with Gasteiger partial charge in [-0.2, -0.15) is 0 Å². The molecule has 190 valence electrons. The van der Waals surface area contributed by atoms with Gasteiger partial charge in [0.25, 0.3) is 11.5 Å². The molecule has 0 spiro atoms. The van der Waals surface area contributed by atoms with Gasteiger partial charge in [0.2, 0.25) is 0 Å². The number of nitrogens with one attached hydrogen (secondary N) is 1. The summed E-state index contributed by atoms with van der Waals surface area (Å²) in [5.74, 6) is -0.202. The second kappa shape index (κ2) is 11.1. The highest BCUT2D eigenvalue weighted by Gasteiger charge is 2.15. The van der Waals surface area contributed by atoms with Crippen molar-refractivity contribution in [3.05, 3.63) is 110 Å². The maximum Gasteiger partial charge on any atom is 0.339 e. The van der Waals surface area contributed by atoms with Crippen LogP contribution in [0.3, 0.4) is 0 Å². The molecule has 0 saturated heterocycles. The van der Waals surface area contributed by atoms with Crippen LogP contribution in [0.25, 0.3) is 10.9 Å². The average molecular weight is 522 g/mol. The lowest BCUT2D eigenvalue weighted by atomic mass is 10.1. The highest BCUT2D eigenvalue weighted by atomic mass is 35.5. The quantitative estimate of drug-likeness (QED) is 0.282. The molecule has 1 heterocycles. The number of methoxy groups -OCH3 is 1. The summed E-state index contributed by atoms with van der Waals surface area (Å²) in [6.07, 6.45) is 0. The molecule has 1 N–H and O–H groups in total. The van der Waals surface area contributed by atoms with Crippen molar-refractivity contribution in [2.45, 2.75) is 13.1 Å². The molecule has 0 aliphatic heterocycles. The van der Waals surface area contributed by atoms with Gasteiger partial charge in [-0.05, 0) is 53.6 Å². The van der Waals surface area contributed by atoms with Crippen molar-refractivity contribution in [2.75, 3.05) is 13.2 Å². The monoisotopic (exact) mass is 521 g/mol. The number of fused-ring (bicyclic) bond motifs is 1. The zero-order valence-electron chi connectivity index (χ0n) is 20.2. The number of carbonyl (C=O) groups excluding carboxylic acids is 2. The van der Waals surface area contributed by atoms with Crippen LogP contribution in [0.2, 0.25) is 0 Å². The Balaban J connectivity index is 1.60.